The van der Waals surface area contributed by atoms with Gasteiger partial charge in [0.25, 0.3) is 0 Å². The predicted octanol–water partition coefficient (Wildman–Crippen LogP) is 2.07. The molecular formula is C17H20N4O3. The van der Waals surface area contributed by atoms with Crippen molar-refractivity contribution < 1.29 is 14.6 Å². The molecule has 1 unspecified atom stereocenters. The van der Waals surface area contributed by atoms with Crippen molar-refractivity contribution in [3.05, 3.63) is 36.2 Å². The minimum atomic E-state index is -1.03. The maximum absolute atomic E-state index is 11.3. The van der Waals surface area contributed by atoms with Crippen molar-refractivity contribution in [2.75, 3.05) is 24.7 Å². The van der Waals surface area contributed by atoms with E-state index in [4.69, 9.17) is 4.74 Å². The quantitative estimate of drug-likeness (QED) is 0.925. The maximum Gasteiger partial charge on any atom is 0.354 e. The molecule has 24 heavy (non-hydrogen) atoms. The number of morpholine rings is 1. The normalized spacial score (nSPS) is 21.0. The van der Waals surface area contributed by atoms with Gasteiger partial charge in [0.05, 0.1) is 42.8 Å². The van der Waals surface area contributed by atoms with Crippen LogP contribution in [0.15, 0.2) is 24.8 Å². The monoisotopic (exact) mass is 328 g/mol. The van der Waals surface area contributed by atoms with Crippen LogP contribution in [0.4, 0.5) is 5.69 Å². The van der Waals surface area contributed by atoms with E-state index < -0.39 is 5.97 Å². The number of aromatic carboxylic acids is 1. The zero-order valence-electron chi connectivity index (χ0n) is 13.6. The van der Waals surface area contributed by atoms with Crippen LogP contribution in [0, 0.1) is 0 Å². The average molecular weight is 328 g/mol. The fourth-order valence-corrected chi connectivity index (χ4v) is 3.13. The molecule has 3 heterocycles. The van der Waals surface area contributed by atoms with Gasteiger partial charge in [-0.05, 0) is 25.8 Å². The first-order chi connectivity index (χ1) is 11.6. The van der Waals surface area contributed by atoms with Crippen molar-refractivity contribution in [1.82, 2.24) is 14.5 Å². The molecular weight excluding hydrogens is 308 g/mol. The first-order valence-electron chi connectivity index (χ1n) is 8.25. The summed E-state index contributed by atoms with van der Waals surface area (Å²) in [5.74, 6) is -0.474. The number of hydrogen-bond acceptors (Lipinski definition) is 5. The fourth-order valence-electron chi connectivity index (χ4n) is 3.13. The van der Waals surface area contributed by atoms with E-state index in [0.717, 1.165) is 23.6 Å². The van der Waals surface area contributed by atoms with Crippen LogP contribution < -0.4 is 4.90 Å². The molecule has 4 rings (SSSR count). The SMILES string of the molecule is CC1COCCN1c1cnc(C(=O)O)cc1-n1cnc(C2CC2)c1. The van der Waals surface area contributed by atoms with Gasteiger partial charge in [0.15, 0.2) is 0 Å². The molecule has 0 radical (unpaired) electrons. The lowest BCUT2D eigenvalue weighted by Crippen LogP contribution is -2.44. The third-order valence-electron chi connectivity index (χ3n) is 4.63. The molecule has 1 aliphatic carbocycles. The van der Waals surface area contributed by atoms with Gasteiger partial charge in [-0.25, -0.2) is 14.8 Å². The highest BCUT2D eigenvalue weighted by atomic mass is 16.5. The average Bonchev–Trinajstić information content (AvgIpc) is 3.32. The number of aromatic nitrogens is 3. The molecule has 0 bridgehead atoms. The molecule has 126 valence electrons. The summed E-state index contributed by atoms with van der Waals surface area (Å²) in [6, 6.07) is 1.83. The van der Waals surface area contributed by atoms with Gasteiger partial charge in [-0.15, -0.1) is 0 Å². The van der Waals surface area contributed by atoms with E-state index >= 15 is 0 Å². The molecule has 2 aromatic heterocycles. The Hall–Kier alpha value is -2.41. The van der Waals surface area contributed by atoms with E-state index in [-0.39, 0.29) is 11.7 Å². The second kappa shape index (κ2) is 5.90. The lowest BCUT2D eigenvalue weighted by molar-refractivity contribution is 0.0690. The Balaban J connectivity index is 1.78. The standard InChI is InChI=1S/C17H20N4O3/c1-11-9-24-5-4-21(11)16-7-18-13(17(22)23)6-15(16)20-8-14(19-10-20)12-2-3-12/h6-8,10-12H,2-5,9H2,1H3,(H,22,23). The molecule has 1 saturated heterocycles. The Morgan fingerprint density at radius 1 is 1.33 bits per heavy atom. The summed E-state index contributed by atoms with van der Waals surface area (Å²) in [4.78, 5) is 22.2. The van der Waals surface area contributed by atoms with Crippen molar-refractivity contribution in [2.45, 2.75) is 31.7 Å². The summed E-state index contributed by atoms with van der Waals surface area (Å²) in [7, 11) is 0. The zero-order valence-corrected chi connectivity index (χ0v) is 13.6. The number of imidazole rings is 1. The van der Waals surface area contributed by atoms with Crippen LogP contribution >= 0.6 is 0 Å². The molecule has 2 fully saturated rings. The van der Waals surface area contributed by atoms with Crippen LogP contribution in [0.2, 0.25) is 0 Å². The van der Waals surface area contributed by atoms with E-state index in [1.54, 1.807) is 18.6 Å². The Morgan fingerprint density at radius 3 is 2.88 bits per heavy atom. The first kappa shape index (κ1) is 15.1. The third-order valence-corrected chi connectivity index (χ3v) is 4.63. The summed E-state index contributed by atoms with van der Waals surface area (Å²) >= 11 is 0. The summed E-state index contributed by atoms with van der Waals surface area (Å²) in [5, 5.41) is 9.29. The molecule has 2 aliphatic rings. The number of carbonyl (C=O) groups is 1. The van der Waals surface area contributed by atoms with Crippen LogP contribution in [0.3, 0.4) is 0 Å². The smallest absolute Gasteiger partial charge is 0.354 e. The highest BCUT2D eigenvalue weighted by Crippen LogP contribution is 2.39. The van der Waals surface area contributed by atoms with Gasteiger partial charge in [0, 0.05) is 24.7 Å². The largest absolute Gasteiger partial charge is 0.477 e. The minimum absolute atomic E-state index is 0.0383. The minimum Gasteiger partial charge on any atom is -0.477 e. The van der Waals surface area contributed by atoms with Crippen LogP contribution in [-0.2, 0) is 4.74 Å². The number of pyridine rings is 1. The van der Waals surface area contributed by atoms with Crippen molar-refractivity contribution in [3.63, 3.8) is 0 Å². The zero-order chi connectivity index (χ0) is 16.7. The van der Waals surface area contributed by atoms with Crippen molar-refractivity contribution in [3.8, 4) is 5.69 Å². The van der Waals surface area contributed by atoms with Gasteiger partial charge < -0.3 is 19.3 Å². The molecule has 1 saturated carbocycles. The Morgan fingerprint density at radius 2 is 2.17 bits per heavy atom. The van der Waals surface area contributed by atoms with Crippen molar-refractivity contribution >= 4 is 11.7 Å². The van der Waals surface area contributed by atoms with Crippen LogP contribution in [-0.4, -0.2) is 51.4 Å². The predicted molar refractivity (Wildman–Crippen MR) is 87.9 cm³/mol. The van der Waals surface area contributed by atoms with Crippen LogP contribution in [0.25, 0.3) is 5.69 Å². The highest BCUT2D eigenvalue weighted by molar-refractivity contribution is 5.87. The van der Waals surface area contributed by atoms with Gasteiger partial charge >= 0.3 is 5.97 Å². The summed E-state index contributed by atoms with van der Waals surface area (Å²) in [5.41, 5.74) is 2.83. The second-order valence-electron chi connectivity index (χ2n) is 6.46. The summed E-state index contributed by atoms with van der Waals surface area (Å²) < 4.78 is 7.43. The lowest BCUT2D eigenvalue weighted by Gasteiger charge is -2.36. The molecule has 7 nitrogen and oxygen atoms in total. The van der Waals surface area contributed by atoms with Crippen molar-refractivity contribution in [1.29, 1.82) is 0 Å². The van der Waals surface area contributed by atoms with Gasteiger partial charge in [-0.2, -0.15) is 0 Å². The number of anilines is 1. The van der Waals surface area contributed by atoms with Gasteiger partial charge in [0.2, 0.25) is 0 Å². The maximum atomic E-state index is 11.3. The molecule has 0 aromatic carbocycles. The van der Waals surface area contributed by atoms with Crippen molar-refractivity contribution in [2.24, 2.45) is 0 Å². The number of carboxylic acid groups (broad SMARTS) is 1. The van der Waals surface area contributed by atoms with E-state index in [1.165, 1.54) is 12.8 Å². The van der Waals surface area contributed by atoms with Crippen LogP contribution in [0.1, 0.15) is 41.9 Å². The van der Waals surface area contributed by atoms with Gasteiger partial charge in [-0.1, -0.05) is 0 Å². The topological polar surface area (TPSA) is 80.5 Å². The van der Waals surface area contributed by atoms with Gasteiger partial charge in [0.1, 0.15) is 5.69 Å². The van der Waals surface area contributed by atoms with Crippen LogP contribution in [0.5, 0.6) is 0 Å². The molecule has 1 aliphatic heterocycles. The van der Waals surface area contributed by atoms with E-state index in [1.807, 2.05) is 10.8 Å². The fraction of sp³-hybridized carbons (Fsp3) is 0.471. The summed E-state index contributed by atoms with van der Waals surface area (Å²) in [6.07, 6.45) is 7.79. The molecule has 1 N–H and O–H groups in total. The molecule has 1 atom stereocenters. The number of rotatable bonds is 4. The third kappa shape index (κ3) is 2.75. The number of ether oxygens (including phenoxy) is 1. The Bertz CT molecular complexity index is 769. The molecule has 0 spiro atoms. The number of hydrogen-bond donors (Lipinski definition) is 1. The molecule has 7 heteroatoms. The number of carboxylic acids is 1. The van der Waals surface area contributed by atoms with E-state index in [0.29, 0.717) is 19.1 Å². The lowest BCUT2D eigenvalue weighted by atomic mass is 10.2. The number of nitrogens with zero attached hydrogens (tertiary/aromatic N) is 4. The summed E-state index contributed by atoms with van der Waals surface area (Å²) in [6.45, 7) is 4.16. The molecule has 0 amide bonds. The second-order valence-corrected chi connectivity index (χ2v) is 6.46. The van der Waals surface area contributed by atoms with E-state index in [9.17, 15) is 9.90 Å². The van der Waals surface area contributed by atoms with E-state index in [2.05, 4.69) is 21.8 Å². The highest BCUT2D eigenvalue weighted by Gasteiger charge is 2.27. The first-order valence-corrected chi connectivity index (χ1v) is 8.25. The Kier molecular flexibility index (Phi) is 3.72. The Labute approximate surface area is 139 Å². The molecule has 2 aromatic rings. The van der Waals surface area contributed by atoms with Gasteiger partial charge in [-0.3, -0.25) is 0 Å².